The molecule has 0 saturated heterocycles. The third-order valence-electron chi connectivity index (χ3n) is 3.32. The number of hydrogen-bond acceptors (Lipinski definition) is 5. The molecule has 0 bridgehead atoms. The average molecular weight is 325 g/mol. The van der Waals surface area contributed by atoms with Crippen LogP contribution in [0.1, 0.15) is 16.1 Å². The van der Waals surface area contributed by atoms with Crippen molar-refractivity contribution in [1.29, 1.82) is 0 Å². The Morgan fingerprint density at radius 1 is 1.26 bits per heavy atom. The van der Waals surface area contributed by atoms with Crippen LogP contribution in [0.3, 0.4) is 0 Å². The summed E-state index contributed by atoms with van der Waals surface area (Å²) in [6, 6.07) is 9.02. The summed E-state index contributed by atoms with van der Waals surface area (Å²) in [5.41, 5.74) is 3.08. The fraction of sp³-hybridized carbons (Fsp3) is 0.118. The van der Waals surface area contributed by atoms with Crippen LogP contribution in [0.4, 0.5) is 0 Å². The summed E-state index contributed by atoms with van der Waals surface area (Å²) in [6.45, 7) is 0.315. The molecule has 0 atom stereocenters. The van der Waals surface area contributed by atoms with Crippen molar-refractivity contribution in [3.8, 4) is 17.0 Å². The lowest BCUT2D eigenvalue weighted by molar-refractivity contribution is 0.0950. The number of carbonyl (C=O) groups excluding carboxylic acids is 1. The van der Waals surface area contributed by atoms with Gasteiger partial charge in [-0.3, -0.25) is 14.8 Å². The van der Waals surface area contributed by atoms with Crippen molar-refractivity contribution in [2.24, 2.45) is 0 Å². The quantitative estimate of drug-likeness (QED) is 0.783. The first kappa shape index (κ1) is 15.2. The first-order valence-corrected chi connectivity index (χ1v) is 7.97. The topological polar surface area (TPSA) is 64.1 Å². The van der Waals surface area contributed by atoms with Crippen LogP contribution in [0.2, 0.25) is 0 Å². The minimum atomic E-state index is -0.175. The second kappa shape index (κ2) is 7.02. The molecule has 0 unspecified atom stereocenters. The Labute approximate surface area is 138 Å². The van der Waals surface area contributed by atoms with Crippen LogP contribution in [0.15, 0.2) is 53.5 Å². The minimum Gasteiger partial charge on any atom is -0.497 e. The number of nitrogens with one attached hydrogen (secondary N) is 1. The van der Waals surface area contributed by atoms with E-state index in [-0.39, 0.29) is 5.91 Å². The maximum atomic E-state index is 12.3. The normalized spacial score (nSPS) is 10.3. The number of aromatic nitrogens is 2. The van der Waals surface area contributed by atoms with Gasteiger partial charge in [0.05, 0.1) is 25.0 Å². The van der Waals surface area contributed by atoms with E-state index in [1.807, 2.05) is 16.8 Å². The molecular formula is C17H15N3O2S. The summed E-state index contributed by atoms with van der Waals surface area (Å²) in [5.74, 6) is 0.474. The lowest BCUT2D eigenvalue weighted by Gasteiger charge is -2.09. The average Bonchev–Trinajstić information content (AvgIpc) is 3.14. The first-order chi connectivity index (χ1) is 11.3. The van der Waals surface area contributed by atoms with Crippen molar-refractivity contribution in [2.75, 3.05) is 7.11 Å². The maximum Gasteiger partial charge on any atom is 0.251 e. The van der Waals surface area contributed by atoms with E-state index in [0.29, 0.717) is 17.9 Å². The number of methoxy groups -OCH3 is 1. The molecule has 0 spiro atoms. The minimum absolute atomic E-state index is 0.175. The molecule has 0 aliphatic heterocycles. The molecule has 0 saturated carbocycles. The Bertz CT molecular complexity index is 803. The molecular weight excluding hydrogens is 310 g/mol. The Kier molecular flexibility index (Phi) is 4.63. The lowest BCUT2D eigenvalue weighted by atomic mass is 10.1. The molecule has 6 heteroatoms. The molecule has 1 N–H and O–H groups in total. The van der Waals surface area contributed by atoms with Crippen molar-refractivity contribution in [3.05, 3.63) is 64.7 Å². The van der Waals surface area contributed by atoms with Crippen molar-refractivity contribution in [3.63, 3.8) is 0 Å². The SMILES string of the molecule is COc1cccc(C(=O)NCc2nccnc2-c2ccsc2)c1. The maximum absolute atomic E-state index is 12.3. The van der Waals surface area contributed by atoms with Gasteiger partial charge in [-0.15, -0.1) is 0 Å². The predicted molar refractivity (Wildman–Crippen MR) is 89.5 cm³/mol. The summed E-state index contributed by atoms with van der Waals surface area (Å²) >= 11 is 1.60. The molecule has 116 valence electrons. The summed E-state index contributed by atoms with van der Waals surface area (Å²) in [5, 5.41) is 6.88. The Hall–Kier alpha value is -2.73. The second-order valence-corrected chi connectivity index (χ2v) is 5.56. The van der Waals surface area contributed by atoms with Gasteiger partial charge in [0.1, 0.15) is 5.75 Å². The van der Waals surface area contributed by atoms with E-state index in [1.54, 1.807) is 55.1 Å². The van der Waals surface area contributed by atoms with Gasteiger partial charge in [0.2, 0.25) is 0 Å². The summed E-state index contributed by atoms with van der Waals surface area (Å²) in [4.78, 5) is 21.0. The highest BCUT2D eigenvalue weighted by Crippen LogP contribution is 2.22. The van der Waals surface area contributed by atoms with Crippen LogP contribution in [0.5, 0.6) is 5.75 Å². The van der Waals surface area contributed by atoms with E-state index >= 15 is 0 Å². The molecule has 0 radical (unpaired) electrons. The number of ether oxygens (including phenoxy) is 1. The van der Waals surface area contributed by atoms with Crippen molar-refractivity contribution >= 4 is 17.2 Å². The van der Waals surface area contributed by atoms with Crippen LogP contribution in [0, 0.1) is 0 Å². The Morgan fingerprint density at radius 2 is 2.13 bits per heavy atom. The number of carbonyl (C=O) groups is 1. The van der Waals surface area contributed by atoms with Crippen LogP contribution in [0.25, 0.3) is 11.3 Å². The predicted octanol–water partition coefficient (Wildman–Crippen LogP) is 3.14. The third kappa shape index (κ3) is 3.54. The van der Waals surface area contributed by atoms with Gasteiger partial charge in [0, 0.05) is 28.9 Å². The second-order valence-electron chi connectivity index (χ2n) is 4.78. The van der Waals surface area contributed by atoms with Gasteiger partial charge in [0.15, 0.2) is 0 Å². The van der Waals surface area contributed by atoms with Gasteiger partial charge in [-0.05, 0) is 29.6 Å². The number of nitrogens with zero attached hydrogens (tertiary/aromatic N) is 2. The summed E-state index contributed by atoms with van der Waals surface area (Å²) in [7, 11) is 1.57. The zero-order chi connectivity index (χ0) is 16.1. The van der Waals surface area contributed by atoms with Crippen LogP contribution < -0.4 is 10.1 Å². The highest BCUT2D eigenvalue weighted by atomic mass is 32.1. The fourth-order valence-electron chi connectivity index (χ4n) is 2.17. The van der Waals surface area contributed by atoms with Gasteiger partial charge in [-0.25, -0.2) is 0 Å². The highest BCUT2D eigenvalue weighted by molar-refractivity contribution is 7.08. The highest BCUT2D eigenvalue weighted by Gasteiger charge is 2.11. The molecule has 3 aromatic rings. The van der Waals surface area contributed by atoms with Crippen LogP contribution >= 0.6 is 11.3 Å². The number of rotatable bonds is 5. The number of benzene rings is 1. The number of amides is 1. The molecule has 5 nitrogen and oxygen atoms in total. The van der Waals surface area contributed by atoms with Crippen molar-refractivity contribution in [1.82, 2.24) is 15.3 Å². The smallest absolute Gasteiger partial charge is 0.251 e. The number of hydrogen-bond donors (Lipinski definition) is 1. The summed E-state index contributed by atoms with van der Waals surface area (Å²) < 4.78 is 5.13. The Balaban J connectivity index is 1.75. The monoisotopic (exact) mass is 325 g/mol. The molecule has 0 aliphatic carbocycles. The molecule has 3 rings (SSSR count). The van der Waals surface area contributed by atoms with E-state index in [2.05, 4.69) is 15.3 Å². The van der Waals surface area contributed by atoms with Gasteiger partial charge < -0.3 is 10.1 Å². The van der Waals surface area contributed by atoms with Gasteiger partial charge >= 0.3 is 0 Å². The molecule has 0 aliphatic rings. The zero-order valence-corrected chi connectivity index (χ0v) is 13.3. The van der Waals surface area contributed by atoms with Crippen molar-refractivity contribution < 1.29 is 9.53 Å². The summed E-state index contributed by atoms with van der Waals surface area (Å²) in [6.07, 6.45) is 3.28. The van der Waals surface area contributed by atoms with Crippen LogP contribution in [-0.4, -0.2) is 23.0 Å². The zero-order valence-electron chi connectivity index (χ0n) is 12.5. The lowest BCUT2D eigenvalue weighted by Crippen LogP contribution is -2.23. The Morgan fingerprint density at radius 3 is 2.91 bits per heavy atom. The van der Waals surface area contributed by atoms with Gasteiger partial charge in [0.25, 0.3) is 5.91 Å². The largest absolute Gasteiger partial charge is 0.497 e. The van der Waals surface area contributed by atoms with E-state index in [4.69, 9.17) is 4.74 Å². The fourth-order valence-corrected chi connectivity index (χ4v) is 2.81. The number of thiophene rings is 1. The van der Waals surface area contributed by atoms with E-state index < -0.39 is 0 Å². The van der Waals surface area contributed by atoms with E-state index in [9.17, 15) is 4.79 Å². The molecule has 2 aromatic heterocycles. The first-order valence-electron chi connectivity index (χ1n) is 7.02. The molecule has 1 amide bonds. The van der Waals surface area contributed by atoms with E-state index in [0.717, 1.165) is 17.0 Å². The van der Waals surface area contributed by atoms with Crippen LogP contribution in [-0.2, 0) is 6.54 Å². The van der Waals surface area contributed by atoms with Crippen molar-refractivity contribution in [2.45, 2.75) is 6.54 Å². The molecule has 0 fully saturated rings. The molecule has 1 aromatic carbocycles. The van der Waals surface area contributed by atoms with Gasteiger partial charge in [-0.1, -0.05) is 6.07 Å². The van der Waals surface area contributed by atoms with E-state index in [1.165, 1.54) is 0 Å². The standard InChI is InChI=1S/C17H15N3O2S/c1-22-14-4-2-3-12(9-14)17(21)20-10-15-16(19-7-6-18-15)13-5-8-23-11-13/h2-9,11H,10H2,1H3,(H,20,21). The molecule has 23 heavy (non-hydrogen) atoms. The van der Waals surface area contributed by atoms with Gasteiger partial charge in [-0.2, -0.15) is 11.3 Å². The molecule has 2 heterocycles. The third-order valence-corrected chi connectivity index (χ3v) is 4.00.